The van der Waals surface area contributed by atoms with Gasteiger partial charge in [-0.25, -0.2) is 14.6 Å². The van der Waals surface area contributed by atoms with Crippen molar-refractivity contribution in [2.75, 3.05) is 24.2 Å². The molecule has 0 atom stereocenters. The fourth-order valence-electron chi connectivity index (χ4n) is 3.37. The summed E-state index contributed by atoms with van der Waals surface area (Å²) >= 11 is 1.11. The lowest BCUT2D eigenvalue weighted by Crippen LogP contribution is -2.27. The Hall–Kier alpha value is -3.41. The quantitative estimate of drug-likeness (QED) is 0.546. The number of alkyl halides is 3. The second kappa shape index (κ2) is 9.61. The van der Waals surface area contributed by atoms with Crippen LogP contribution < -0.4 is 5.32 Å². The Morgan fingerprint density at radius 2 is 1.91 bits per heavy atom. The first-order valence-corrected chi connectivity index (χ1v) is 11.0. The van der Waals surface area contributed by atoms with E-state index in [9.17, 15) is 22.8 Å². The number of pyridine rings is 1. The van der Waals surface area contributed by atoms with Crippen molar-refractivity contribution in [2.24, 2.45) is 0 Å². The number of nitrogens with zero attached hydrogens (tertiary/aromatic N) is 5. The lowest BCUT2D eigenvalue weighted by Gasteiger charge is -2.15. The van der Waals surface area contributed by atoms with Crippen LogP contribution in [0.5, 0.6) is 0 Å². The number of nitrogens with one attached hydrogen (secondary N) is 1. The van der Waals surface area contributed by atoms with Gasteiger partial charge >= 0.3 is 6.18 Å². The number of aromatic nitrogens is 4. The molecule has 0 spiro atoms. The maximum atomic E-state index is 13.2. The Labute approximate surface area is 191 Å². The standard InChI is InChI=1S/C21H19F3N6O2S/c22-21(23,24)15-4-5-17(30-13-25-12-27-30)16(9-15)28-18(31)11-33-19-6-3-14(10-26-19)20(32)29-7-1-2-8-29/h3-6,9-10,12-13H,1-2,7-8,11H2,(H,28,31). The molecule has 2 aromatic heterocycles. The average Bonchev–Trinajstić information content (AvgIpc) is 3.51. The van der Waals surface area contributed by atoms with E-state index < -0.39 is 17.6 Å². The van der Waals surface area contributed by atoms with Crippen LogP contribution in [0.15, 0.2) is 54.2 Å². The third-order valence-corrected chi connectivity index (χ3v) is 5.94. The summed E-state index contributed by atoms with van der Waals surface area (Å²) in [4.78, 5) is 34.6. The molecule has 1 aromatic carbocycles. The molecule has 0 bridgehead atoms. The number of rotatable bonds is 6. The van der Waals surface area contributed by atoms with Crippen molar-refractivity contribution >= 4 is 29.3 Å². The maximum absolute atomic E-state index is 13.2. The molecule has 1 fully saturated rings. The number of hydrogen-bond acceptors (Lipinski definition) is 6. The van der Waals surface area contributed by atoms with Crippen LogP contribution in [-0.2, 0) is 11.0 Å². The first kappa shape index (κ1) is 22.8. The third kappa shape index (κ3) is 5.51. The lowest BCUT2D eigenvalue weighted by atomic mass is 10.1. The van der Waals surface area contributed by atoms with Gasteiger partial charge < -0.3 is 10.2 Å². The molecule has 0 saturated carbocycles. The Balaban J connectivity index is 1.42. The fourth-order valence-corrected chi connectivity index (χ4v) is 4.01. The van der Waals surface area contributed by atoms with Crippen LogP contribution in [-0.4, -0.2) is 55.3 Å². The molecule has 1 saturated heterocycles. The summed E-state index contributed by atoms with van der Waals surface area (Å²) in [7, 11) is 0. The minimum atomic E-state index is -4.56. The van der Waals surface area contributed by atoms with E-state index in [1.807, 2.05) is 0 Å². The van der Waals surface area contributed by atoms with Gasteiger partial charge in [-0.1, -0.05) is 11.8 Å². The number of likely N-dealkylation sites (tertiary alicyclic amines) is 1. The first-order chi connectivity index (χ1) is 15.8. The first-order valence-electron chi connectivity index (χ1n) is 10.1. The molecule has 12 heteroatoms. The molecule has 2 amide bonds. The molecular formula is C21H19F3N6O2S. The second-order valence-electron chi connectivity index (χ2n) is 7.29. The number of carbonyl (C=O) groups is 2. The van der Waals surface area contributed by atoms with Crippen LogP contribution in [0.1, 0.15) is 28.8 Å². The van der Waals surface area contributed by atoms with E-state index in [0.29, 0.717) is 10.6 Å². The molecule has 1 aliphatic rings. The highest BCUT2D eigenvalue weighted by molar-refractivity contribution is 7.99. The number of halogens is 3. The Morgan fingerprint density at radius 1 is 1.12 bits per heavy atom. The summed E-state index contributed by atoms with van der Waals surface area (Å²) in [5, 5.41) is 6.95. The van der Waals surface area contributed by atoms with Crippen LogP contribution in [0.3, 0.4) is 0 Å². The highest BCUT2D eigenvalue weighted by Crippen LogP contribution is 2.33. The van der Waals surface area contributed by atoms with Crippen molar-refractivity contribution in [3.8, 4) is 5.69 Å². The SMILES string of the molecule is O=C(CSc1ccc(C(=O)N2CCCC2)cn1)Nc1cc(C(F)(F)F)ccc1-n1cncn1. The molecule has 8 nitrogen and oxygen atoms in total. The van der Waals surface area contributed by atoms with Crippen molar-refractivity contribution in [3.63, 3.8) is 0 Å². The topological polar surface area (TPSA) is 93.0 Å². The normalized spacial score (nSPS) is 13.8. The Kier molecular flexibility index (Phi) is 6.63. The van der Waals surface area contributed by atoms with Crippen LogP contribution in [0, 0.1) is 0 Å². The van der Waals surface area contributed by atoms with Crippen molar-refractivity contribution in [1.82, 2.24) is 24.6 Å². The van der Waals surface area contributed by atoms with Crippen molar-refractivity contribution in [1.29, 1.82) is 0 Å². The molecule has 3 aromatic rings. The van der Waals surface area contributed by atoms with Crippen LogP contribution >= 0.6 is 11.8 Å². The van der Waals surface area contributed by atoms with Gasteiger partial charge in [-0.2, -0.15) is 18.3 Å². The molecule has 4 rings (SSSR count). The van der Waals surface area contributed by atoms with Gasteiger partial charge in [-0.05, 0) is 43.2 Å². The zero-order valence-corrected chi connectivity index (χ0v) is 18.1. The van der Waals surface area contributed by atoms with E-state index in [1.165, 1.54) is 29.6 Å². The lowest BCUT2D eigenvalue weighted by molar-refractivity contribution is -0.137. The average molecular weight is 476 g/mol. The maximum Gasteiger partial charge on any atom is 0.416 e. The second-order valence-corrected chi connectivity index (χ2v) is 8.29. The molecule has 3 heterocycles. The Bertz CT molecular complexity index is 1130. The number of amides is 2. The zero-order valence-electron chi connectivity index (χ0n) is 17.2. The molecule has 1 aliphatic heterocycles. The predicted octanol–water partition coefficient (Wildman–Crippen LogP) is 3.65. The monoisotopic (exact) mass is 476 g/mol. The van der Waals surface area contributed by atoms with E-state index in [-0.39, 0.29) is 23.0 Å². The summed E-state index contributed by atoms with van der Waals surface area (Å²) in [5.74, 6) is -0.668. The zero-order chi connectivity index (χ0) is 23.4. The van der Waals surface area contributed by atoms with Gasteiger partial charge in [0.05, 0.1) is 33.3 Å². The van der Waals surface area contributed by atoms with Crippen LogP contribution in [0.4, 0.5) is 18.9 Å². The summed E-state index contributed by atoms with van der Waals surface area (Å²) in [6.45, 7) is 1.48. The molecule has 0 radical (unpaired) electrons. The number of benzene rings is 1. The fraction of sp³-hybridized carbons (Fsp3) is 0.286. The van der Waals surface area contributed by atoms with Crippen molar-refractivity contribution in [3.05, 3.63) is 60.3 Å². The van der Waals surface area contributed by atoms with Gasteiger partial charge in [0.2, 0.25) is 5.91 Å². The molecule has 1 N–H and O–H groups in total. The van der Waals surface area contributed by atoms with E-state index in [4.69, 9.17) is 0 Å². The van der Waals surface area contributed by atoms with Crippen LogP contribution in [0.2, 0.25) is 0 Å². The summed E-state index contributed by atoms with van der Waals surface area (Å²) < 4.78 is 40.7. The smallest absolute Gasteiger partial charge is 0.339 e. The van der Waals surface area contributed by atoms with E-state index >= 15 is 0 Å². The molecule has 33 heavy (non-hydrogen) atoms. The van der Waals surface area contributed by atoms with Crippen molar-refractivity contribution < 1.29 is 22.8 Å². The number of carbonyl (C=O) groups excluding carboxylic acids is 2. The van der Waals surface area contributed by atoms with E-state index in [0.717, 1.165) is 49.8 Å². The highest BCUT2D eigenvalue weighted by Gasteiger charge is 2.31. The van der Waals surface area contributed by atoms with Gasteiger partial charge in [0, 0.05) is 19.3 Å². The minimum Gasteiger partial charge on any atom is -0.339 e. The van der Waals surface area contributed by atoms with E-state index in [2.05, 4.69) is 20.4 Å². The third-order valence-electron chi connectivity index (χ3n) is 4.99. The van der Waals surface area contributed by atoms with Gasteiger partial charge in [-0.3, -0.25) is 9.59 Å². The highest BCUT2D eigenvalue weighted by atomic mass is 32.2. The van der Waals surface area contributed by atoms with Crippen LogP contribution in [0.25, 0.3) is 5.69 Å². The number of anilines is 1. The summed E-state index contributed by atoms with van der Waals surface area (Å²) in [6.07, 6.45) is 1.45. The number of hydrogen-bond donors (Lipinski definition) is 1. The molecule has 172 valence electrons. The minimum absolute atomic E-state index is 0.0413. The largest absolute Gasteiger partial charge is 0.416 e. The molecular weight excluding hydrogens is 457 g/mol. The van der Waals surface area contributed by atoms with E-state index in [1.54, 1.807) is 17.0 Å². The summed E-state index contributed by atoms with van der Waals surface area (Å²) in [5.41, 5.74) is -0.205. The van der Waals surface area contributed by atoms with Gasteiger partial charge in [-0.15, -0.1) is 0 Å². The summed E-state index contributed by atoms with van der Waals surface area (Å²) in [6, 6.07) is 6.29. The predicted molar refractivity (Wildman–Crippen MR) is 115 cm³/mol. The van der Waals surface area contributed by atoms with Gasteiger partial charge in [0.25, 0.3) is 5.91 Å². The molecule has 0 aliphatic carbocycles. The van der Waals surface area contributed by atoms with Crippen molar-refractivity contribution in [2.45, 2.75) is 24.0 Å². The Morgan fingerprint density at radius 3 is 2.55 bits per heavy atom. The van der Waals surface area contributed by atoms with Gasteiger partial charge in [0.1, 0.15) is 12.7 Å². The molecule has 0 unspecified atom stereocenters. The van der Waals surface area contributed by atoms with Gasteiger partial charge in [0.15, 0.2) is 0 Å². The number of thioether (sulfide) groups is 1.